The topological polar surface area (TPSA) is 43.8 Å². The van der Waals surface area contributed by atoms with Gasteiger partial charge in [-0.1, -0.05) is 23.2 Å². The van der Waals surface area contributed by atoms with Crippen LogP contribution in [0.5, 0.6) is 5.75 Å². The highest BCUT2D eigenvalue weighted by Gasteiger charge is 2.41. The number of benzene rings is 1. The van der Waals surface area contributed by atoms with Crippen LogP contribution in [0.1, 0.15) is 17.9 Å². The predicted octanol–water partition coefficient (Wildman–Crippen LogP) is 2.33. The summed E-state index contributed by atoms with van der Waals surface area (Å²) in [4.78, 5) is 16.0. The largest absolute Gasteiger partial charge is 0.508 e. The Morgan fingerprint density at radius 3 is 2.80 bits per heavy atom. The summed E-state index contributed by atoms with van der Waals surface area (Å²) in [5.41, 5.74) is 0.670. The second-order valence-electron chi connectivity index (χ2n) is 5.62. The zero-order valence-corrected chi connectivity index (χ0v) is 12.7. The van der Waals surface area contributed by atoms with E-state index in [0.29, 0.717) is 28.7 Å². The molecule has 2 unspecified atom stereocenters. The Bertz CT molecular complexity index is 564. The van der Waals surface area contributed by atoms with E-state index in [-0.39, 0.29) is 23.6 Å². The summed E-state index contributed by atoms with van der Waals surface area (Å²) in [7, 11) is 1.95. The van der Waals surface area contributed by atoms with Gasteiger partial charge in [0.2, 0.25) is 5.91 Å². The third-order valence-electron chi connectivity index (χ3n) is 4.18. The standard InChI is InChI=1S/C14H16Cl2N2O2/c1-17-6-9-4-8(5-18(9)12(20)7-17)13-11(19)3-2-10(15)14(13)16/h2-3,8-9,19H,4-7H2,1H3. The van der Waals surface area contributed by atoms with Gasteiger partial charge in [0.05, 0.1) is 16.6 Å². The molecule has 1 aromatic rings. The number of rotatable bonds is 1. The second-order valence-corrected chi connectivity index (χ2v) is 6.41. The molecule has 0 saturated carbocycles. The smallest absolute Gasteiger partial charge is 0.237 e. The minimum Gasteiger partial charge on any atom is -0.508 e. The lowest BCUT2D eigenvalue weighted by atomic mass is 9.95. The van der Waals surface area contributed by atoms with Crippen LogP contribution in [0.3, 0.4) is 0 Å². The van der Waals surface area contributed by atoms with Crippen LogP contribution in [0.15, 0.2) is 12.1 Å². The Morgan fingerprint density at radius 2 is 2.05 bits per heavy atom. The average molecular weight is 315 g/mol. The maximum Gasteiger partial charge on any atom is 0.237 e. The summed E-state index contributed by atoms with van der Waals surface area (Å²) in [6.45, 7) is 1.92. The van der Waals surface area contributed by atoms with E-state index in [4.69, 9.17) is 23.2 Å². The molecule has 4 nitrogen and oxygen atoms in total. The predicted molar refractivity (Wildman–Crippen MR) is 78.5 cm³/mol. The monoisotopic (exact) mass is 314 g/mol. The third kappa shape index (κ3) is 2.26. The number of hydrogen-bond acceptors (Lipinski definition) is 3. The summed E-state index contributed by atoms with van der Waals surface area (Å²) in [6.07, 6.45) is 0.809. The number of amides is 1. The number of halogens is 2. The van der Waals surface area contributed by atoms with Gasteiger partial charge in [-0.3, -0.25) is 9.69 Å². The third-order valence-corrected chi connectivity index (χ3v) is 5.00. The van der Waals surface area contributed by atoms with Crippen LogP contribution in [0.2, 0.25) is 10.0 Å². The van der Waals surface area contributed by atoms with Gasteiger partial charge in [-0.2, -0.15) is 0 Å². The first-order valence-corrected chi connectivity index (χ1v) is 7.38. The van der Waals surface area contributed by atoms with Crippen molar-refractivity contribution in [2.45, 2.75) is 18.4 Å². The molecule has 0 bridgehead atoms. The Balaban J connectivity index is 1.91. The van der Waals surface area contributed by atoms with Crippen LogP contribution in [0.25, 0.3) is 0 Å². The Morgan fingerprint density at radius 1 is 1.30 bits per heavy atom. The highest BCUT2D eigenvalue weighted by atomic mass is 35.5. The molecule has 1 amide bonds. The molecular weight excluding hydrogens is 299 g/mol. The van der Waals surface area contributed by atoms with E-state index in [0.717, 1.165) is 13.0 Å². The lowest BCUT2D eigenvalue weighted by molar-refractivity contribution is -0.136. The number of phenolic OH excluding ortho intramolecular Hbond substituents is 1. The van der Waals surface area contributed by atoms with Crippen molar-refractivity contribution in [1.29, 1.82) is 0 Å². The molecule has 0 radical (unpaired) electrons. The first-order chi connectivity index (χ1) is 9.47. The molecule has 2 aliphatic heterocycles. The van der Waals surface area contributed by atoms with E-state index in [1.54, 1.807) is 12.1 Å². The fourth-order valence-corrected chi connectivity index (χ4v) is 3.77. The number of piperazine rings is 1. The Kier molecular flexibility index (Phi) is 3.56. The number of likely N-dealkylation sites (N-methyl/N-ethyl adjacent to an activating group) is 1. The van der Waals surface area contributed by atoms with Gasteiger partial charge >= 0.3 is 0 Å². The van der Waals surface area contributed by atoms with Crippen molar-refractivity contribution in [1.82, 2.24) is 9.80 Å². The molecular formula is C14H16Cl2N2O2. The summed E-state index contributed by atoms with van der Waals surface area (Å²) in [5.74, 6) is 0.343. The van der Waals surface area contributed by atoms with Crippen molar-refractivity contribution in [3.8, 4) is 5.75 Å². The molecule has 1 aromatic carbocycles. The number of phenols is 1. The van der Waals surface area contributed by atoms with Crippen molar-refractivity contribution >= 4 is 29.1 Å². The van der Waals surface area contributed by atoms with Crippen molar-refractivity contribution in [2.24, 2.45) is 0 Å². The molecule has 0 spiro atoms. The highest BCUT2D eigenvalue weighted by molar-refractivity contribution is 6.42. The number of fused-ring (bicyclic) bond motifs is 1. The molecule has 3 rings (SSSR count). The van der Waals surface area contributed by atoms with Crippen molar-refractivity contribution < 1.29 is 9.90 Å². The minimum atomic E-state index is 0.0432. The summed E-state index contributed by atoms with van der Waals surface area (Å²) < 4.78 is 0. The van der Waals surface area contributed by atoms with Gasteiger partial charge in [0.25, 0.3) is 0 Å². The van der Waals surface area contributed by atoms with Gasteiger partial charge in [-0.15, -0.1) is 0 Å². The van der Waals surface area contributed by atoms with Gasteiger partial charge in [-0.25, -0.2) is 0 Å². The number of carbonyl (C=O) groups excluding carboxylic acids is 1. The number of hydrogen-bond donors (Lipinski definition) is 1. The lowest BCUT2D eigenvalue weighted by Gasteiger charge is -2.34. The van der Waals surface area contributed by atoms with Gasteiger partial charge < -0.3 is 10.0 Å². The van der Waals surface area contributed by atoms with Crippen molar-refractivity contribution in [3.63, 3.8) is 0 Å². The van der Waals surface area contributed by atoms with Crippen LogP contribution >= 0.6 is 23.2 Å². The fourth-order valence-electron chi connectivity index (χ4n) is 3.29. The van der Waals surface area contributed by atoms with E-state index in [2.05, 4.69) is 0 Å². The molecule has 6 heteroatoms. The molecule has 20 heavy (non-hydrogen) atoms. The van der Waals surface area contributed by atoms with Crippen LogP contribution in [-0.4, -0.2) is 53.5 Å². The van der Waals surface area contributed by atoms with Crippen LogP contribution in [-0.2, 0) is 4.79 Å². The molecule has 2 heterocycles. The van der Waals surface area contributed by atoms with E-state index >= 15 is 0 Å². The Hall–Kier alpha value is -0.970. The van der Waals surface area contributed by atoms with Crippen LogP contribution in [0.4, 0.5) is 0 Å². The normalized spacial score (nSPS) is 26.9. The van der Waals surface area contributed by atoms with Crippen LogP contribution in [0, 0.1) is 0 Å². The fraction of sp³-hybridized carbons (Fsp3) is 0.500. The van der Waals surface area contributed by atoms with E-state index in [9.17, 15) is 9.90 Å². The average Bonchev–Trinajstić information content (AvgIpc) is 2.78. The zero-order valence-electron chi connectivity index (χ0n) is 11.1. The summed E-state index contributed by atoms with van der Waals surface area (Å²) in [5, 5.41) is 10.9. The maximum absolute atomic E-state index is 12.1. The van der Waals surface area contributed by atoms with Gasteiger partial charge in [0.15, 0.2) is 0 Å². The Labute approximate surface area is 127 Å². The molecule has 108 valence electrons. The lowest BCUT2D eigenvalue weighted by Crippen LogP contribution is -2.52. The zero-order chi connectivity index (χ0) is 14.4. The number of aromatic hydroxyl groups is 1. The quantitative estimate of drug-likeness (QED) is 0.865. The summed E-state index contributed by atoms with van der Waals surface area (Å²) >= 11 is 12.3. The van der Waals surface area contributed by atoms with E-state index in [1.807, 2.05) is 16.8 Å². The number of carbonyl (C=O) groups is 1. The first-order valence-electron chi connectivity index (χ1n) is 6.62. The van der Waals surface area contributed by atoms with Crippen LogP contribution < -0.4 is 0 Å². The SMILES string of the molecule is CN1CC(=O)N2CC(c3c(O)ccc(Cl)c3Cl)CC2C1. The van der Waals surface area contributed by atoms with Gasteiger partial charge in [-0.05, 0) is 25.6 Å². The summed E-state index contributed by atoms with van der Waals surface area (Å²) in [6, 6.07) is 3.35. The molecule has 1 N–H and O–H groups in total. The molecule has 2 saturated heterocycles. The molecule has 2 fully saturated rings. The van der Waals surface area contributed by atoms with E-state index < -0.39 is 0 Å². The number of nitrogens with zero attached hydrogens (tertiary/aromatic N) is 2. The first kappa shape index (κ1) is 14.0. The van der Waals surface area contributed by atoms with E-state index in [1.165, 1.54) is 0 Å². The molecule has 2 aliphatic rings. The molecule has 0 aromatic heterocycles. The highest BCUT2D eigenvalue weighted by Crippen LogP contribution is 2.43. The van der Waals surface area contributed by atoms with Crippen molar-refractivity contribution in [3.05, 3.63) is 27.7 Å². The minimum absolute atomic E-state index is 0.0432. The maximum atomic E-state index is 12.1. The van der Waals surface area contributed by atoms with Gasteiger partial charge in [0, 0.05) is 30.6 Å². The second kappa shape index (κ2) is 5.10. The van der Waals surface area contributed by atoms with Crippen molar-refractivity contribution in [2.75, 3.05) is 26.7 Å². The molecule has 2 atom stereocenters. The molecule has 0 aliphatic carbocycles. The van der Waals surface area contributed by atoms with Gasteiger partial charge in [0.1, 0.15) is 5.75 Å².